The molecule has 7 heteroatoms. The van der Waals surface area contributed by atoms with Gasteiger partial charge >= 0.3 is 6.03 Å². The Kier molecular flexibility index (Phi) is 5.72. The van der Waals surface area contributed by atoms with Crippen LogP contribution in [-0.2, 0) is 11.3 Å². The Morgan fingerprint density at radius 1 is 1.30 bits per heavy atom. The van der Waals surface area contributed by atoms with Gasteiger partial charge in [-0.2, -0.15) is 5.26 Å². The zero-order chi connectivity index (χ0) is 16.7. The first-order valence-corrected chi connectivity index (χ1v) is 7.81. The van der Waals surface area contributed by atoms with Crippen LogP contribution in [0.1, 0.15) is 28.5 Å². The molecule has 0 saturated heterocycles. The quantitative estimate of drug-likeness (QED) is 0.755. The lowest BCUT2D eigenvalue weighted by Crippen LogP contribution is -2.36. The fourth-order valence-electron chi connectivity index (χ4n) is 2.09. The largest absolute Gasteiger partial charge is 0.352 e. The Bertz CT molecular complexity index is 722. The molecule has 0 aliphatic heterocycles. The van der Waals surface area contributed by atoms with Crippen LogP contribution < -0.4 is 16.4 Å². The normalized spacial score (nSPS) is 11.3. The lowest BCUT2D eigenvalue weighted by atomic mass is 10.1. The van der Waals surface area contributed by atoms with Gasteiger partial charge in [0, 0.05) is 11.4 Å². The number of rotatable bonds is 6. The second-order valence-electron chi connectivity index (χ2n) is 4.87. The van der Waals surface area contributed by atoms with Gasteiger partial charge in [0.05, 0.1) is 24.1 Å². The third-order valence-corrected chi connectivity index (χ3v) is 4.12. The first kappa shape index (κ1) is 16.5. The summed E-state index contributed by atoms with van der Waals surface area (Å²) in [5.41, 5.74) is 6.55. The lowest BCUT2D eigenvalue weighted by Gasteiger charge is -2.16. The summed E-state index contributed by atoms with van der Waals surface area (Å²) in [6, 6.07) is 11.7. The molecule has 2 aromatic rings. The van der Waals surface area contributed by atoms with Crippen LogP contribution in [-0.4, -0.2) is 11.9 Å². The van der Waals surface area contributed by atoms with E-state index in [2.05, 4.69) is 16.7 Å². The summed E-state index contributed by atoms with van der Waals surface area (Å²) >= 11 is 1.45. The van der Waals surface area contributed by atoms with Gasteiger partial charge in [-0.3, -0.25) is 4.79 Å². The first-order chi connectivity index (χ1) is 11.1. The molecule has 0 aliphatic rings. The molecule has 0 spiro atoms. The summed E-state index contributed by atoms with van der Waals surface area (Å²) in [5, 5.41) is 16.1. The van der Waals surface area contributed by atoms with Crippen molar-refractivity contribution >= 4 is 23.3 Å². The van der Waals surface area contributed by atoms with Crippen LogP contribution in [0.5, 0.6) is 0 Å². The highest BCUT2D eigenvalue weighted by atomic mass is 32.1. The van der Waals surface area contributed by atoms with Crippen molar-refractivity contribution in [2.45, 2.75) is 19.0 Å². The molecular weight excluding hydrogens is 312 g/mol. The van der Waals surface area contributed by atoms with E-state index in [1.165, 1.54) is 11.3 Å². The van der Waals surface area contributed by atoms with E-state index >= 15 is 0 Å². The number of carbonyl (C=O) groups excluding carboxylic acids is 2. The van der Waals surface area contributed by atoms with Gasteiger partial charge in [-0.05, 0) is 29.1 Å². The average Bonchev–Trinajstić information content (AvgIpc) is 3.06. The predicted molar refractivity (Wildman–Crippen MR) is 87.4 cm³/mol. The molecule has 0 saturated carbocycles. The van der Waals surface area contributed by atoms with E-state index < -0.39 is 12.1 Å². The second-order valence-corrected chi connectivity index (χ2v) is 5.85. The SMILES string of the molecule is N#Cc1cccc(CNC(=O)CC(NC(N)=O)c2cccs2)c1. The average molecular weight is 328 g/mol. The van der Waals surface area contributed by atoms with Crippen LogP contribution in [0.4, 0.5) is 4.79 Å². The van der Waals surface area contributed by atoms with Crippen molar-refractivity contribution in [1.29, 1.82) is 5.26 Å². The third kappa shape index (κ3) is 5.13. The van der Waals surface area contributed by atoms with Gasteiger partial charge in [0.1, 0.15) is 0 Å². The van der Waals surface area contributed by atoms with Crippen LogP contribution in [0.25, 0.3) is 0 Å². The number of thiophene rings is 1. The minimum absolute atomic E-state index is 0.0986. The number of urea groups is 1. The Labute approximate surface area is 137 Å². The van der Waals surface area contributed by atoms with E-state index in [0.29, 0.717) is 12.1 Å². The number of hydrogen-bond donors (Lipinski definition) is 3. The number of carbonyl (C=O) groups is 2. The van der Waals surface area contributed by atoms with Gasteiger partial charge in [-0.25, -0.2) is 4.79 Å². The van der Waals surface area contributed by atoms with E-state index in [4.69, 9.17) is 11.0 Å². The van der Waals surface area contributed by atoms with E-state index in [-0.39, 0.29) is 12.3 Å². The summed E-state index contributed by atoms with van der Waals surface area (Å²) < 4.78 is 0. The molecule has 0 radical (unpaired) electrons. The van der Waals surface area contributed by atoms with E-state index in [1.807, 2.05) is 23.6 Å². The minimum Gasteiger partial charge on any atom is -0.352 e. The standard InChI is InChI=1S/C16H16N4O2S/c17-9-11-3-1-4-12(7-11)10-19-15(21)8-13(20-16(18)22)14-5-2-6-23-14/h1-7,13H,8,10H2,(H,19,21)(H3,18,20,22). The molecule has 1 heterocycles. The van der Waals surface area contributed by atoms with Gasteiger partial charge < -0.3 is 16.4 Å². The zero-order valence-corrected chi connectivity index (χ0v) is 13.1. The molecule has 1 aromatic carbocycles. The first-order valence-electron chi connectivity index (χ1n) is 6.93. The van der Waals surface area contributed by atoms with Crippen LogP contribution in [0.2, 0.25) is 0 Å². The summed E-state index contributed by atoms with van der Waals surface area (Å²) in [5.74, 6) is -0.209. The summed E-state index contributed by atoms with van der Waals surface area (Å²) in [4.78, 5) is 24.1. The van der Waals surface area contributed by atoms with E-state index in [1.54, 1.807) is 18.2 Å². The highest BCUT2D eigenvalue weighted by Crippen LogP contribution is 2.21. The number of nitrogens with zero attached hydrogens (tertiary/aromatic N) is 1. The van der Waals surface area contributed by atoms with Gasteiger partial charge in [0.15, 0.2) is 0 Å². The third-order valence-electron chi connectivity index (χ3n) is 3.14. The number of primary amides is 1. The number of nitrogens with one attached hydrogen (secondary N) is 2. The number of benzene rings is 1. The molecule has 0 aliphatic carbocycles. The van der Waals surface area contributed by atoms with E-state index in [9.17, 15) is 9.59 Å². The molecule has 3 amide bonds. The zero-order valence-electron chi connectivity index (χ0n) is 12.3. The number of nitriles is 1. The van der Waals surface area contributed by atoms with Gasteiger partial charge in [0.25, 0.3) is 0 Å². The molecule has 0 bridgehead atoms. The molecular formula is C16H16N4O2S. The topological polar surface area (TPSA) is 108 Å². The number of amides is 3. The molecule has 1 unspecified atom stereocenters. The molecule has 1 aromatic heterocycles. The van der Waals surface area contributed by atoms with Crippen molar-refractivity contribution in [2.24, 2.45) is 5.73 Å². The summed E-state index contributed by atoms with van der Waals surface area (Å²) in [6.45, 7) is 0.322. The van der Waals surface area contributed by atoms with Crippen molar-refractivity contribution in [3.05, 3.63) is 57.8 Å². The summed E-state index contributed by atoms with van der Waals surface area (Å²) in [7, 11) is 0. The smallest absolute Gasteiger partial charge is 0.312 e. The maximum Gasteiger partial charge on any atom is 0.312 e. The van der Waals surface area contributed by atoms with Crippen molar-refractivity contribution in [1.82, 2.24) is 10.6 Å². The van der Waals surface area contributed by atoms with Crippen molar-refractivity contribution in [3.63, 3.8) is 0 Å². The maximum atomic E-state index is 12.1. The van der Waals surface area contributed by atoms with Crippen molar-refractivity contribution < 1.29 is 9.59 Å². The Balaban J connectivity index is 1.94. The van der Waals surface area contributed by atoms with E-state index in [0.717, 1.165) is 10.4 Å². The highest BCUT2D eigenvalue weighted by Gasteiger charge is 2.18. The van der Waals surface area contributed by atoms with Crippen LogP contribution in [0.15, 0.2) is 41.8 Å². The van der Waals surface area contributed by atoms with Crippen molar-refractivity contribution in [2.75, 3.05) is 0 Å². The van der Waals surface area contributed by atoms with Crippen molar-refractivity contribution in [3.8, 4) is 6.07 Å². The number of hydrogen-bond acceptors (Lipinski definition) is 4. The molecule has 118 valence electrons. The maximum absolute atomic E-state index is 12.1. The van der Waals surface area contributed by atoms with Gasteiger partial charge in [-0.15, -0.1) is 11.3 Å². The monoisotopic (exact) mass is 328 g/mol. The van der Waals surface area contributed by atoms with Gasteiger partial charge in [0.2, 0.25) is 5.91 Å². The highest BCUT2D eigenvalue weighted by molar-refractivity contribution is 7.10. The molecule has 6 nitrogen and oxygen atoms in total. The Hall–Kier alpha value is -2.85. The number of nitrogens with two attached hydrogens (primary N) is 1. The fraction of sp³-hybridized carbons (Fsp3) is 0.188. The molecule has 1 atom stereocenters. The molecule has 23 heavy (non-hydrogen) atoms. The fourth-order valence-corrected chi connectivity index (χ4v) is 2.87. The molecule has 4 N–H and O–H groups in total. The summed E-state index contributed by atoms with van der Waals surface area (Å²) in [6.07, 6.45) is 0.0986. The van der Waals surface area contributed by atoms with Crippen LogP contribution >= 0.6 is 11.3 Å². The molecule has 0 fully saturated rings. The Morgan fingerprint density at radius 2 is 2.13 bits per heavy atom. The van der Waals surface area contributed by atoms with Crippen LogP contribution in [0, 0.1) is 11.3 Å². The van der Waals surface area contributed by atoms with Gasteiger partial charge in [-0.1, -0.05) is 18.2 Å². The predicted octanol–water partition coefficient (Wildman–Crippen LogP) is 2.04. The Morgan fingerprint density at radius 3 is 2.78 bits per heavy atom. The minimum atomic E-state index is -0.669. The van der Waals surface area contributed by atoms with Crippen LogP contribution in [0.3, 0.4) is 0 Å². The molecule has 2 rings (SSSR count). The lowest BCUT2D eigenvalue weighted by molar-refractivity contribution is -0.121. The second kappa shape index (κ2) is 7.96.